The van der Waals surface area contributed by atoms with Crippen molar-refractivity contribution in [2.45, 2.75) is 59.4 Å². The average Bonchev–Trinajstić information content (AvgIpc) is 3.07. The van der Waals surface area contributed by atoms with Gasteiger partial charge in [-0.15, -0.1) is 0 Å². The minimum atomic E-state index is -1.09. The van der Waals surface area contributed by atoms with E-state index in [-0.39, 0.29) is 59.5 Å². The van der Waals surface area contributed by atoms with Gasteiger partial charge in [0.05, 0.1) is 0 Å². The molecule has 2 aliphatic carbocycles. The van der Waals surface area contributed by atoms with Crippen molar-refractivity contribution in [2.24, 2.45) is 35.0 Å². The number of benzene rings is 1. The Labute approximate surface area is 191 Å². The van der Waals surface area contributed by atoms with Crippen LogP contribution in [0, 0.1) is 35.0 Å². The van der Waals surface area contributed by atoms with Crippen molar-refractivity contribution in [3.63, 3.8) is 0 Å². The molecule has 0 saturated carbocycles. The van der Waals surface area contributed by atoms with Crippen LogP contribution in [-0.2, 0) is 20.8 Å². The molecule has 4 heteroatoms. The Morgan fingerprint density at radius 3 is 2.47 bits per heavy atom. The molecule has 1 aliphatic heterocycles. The quantitative estimate of drug-likeness (QED) is 0.543. The SMILES string of the molecule is CC1=C[C@@H]2C=CC[C@H](C)C(=O)[C@@H](C)CCC(=O)[C@]23C(=O)N[C@@H](Cc2ccccc2)[C@@H]3[C@@H]1C. The molecule has 4 nitrogen and oxygen atoms in total. The molecule has 1 heterocycles. The summed E-state index contributed by atoms with van der Waals surface area (Å²) < 4.78 is 0. The third-order valence-electron chi connectivity index (χ3n) is 8.25. The number of ketones is 2. The van der Waals surface area contributed by atoms with Crippen molar-refractivity contribution in [3.05, 3.63) is 59.7 Å². The number of Topliss-reactive ketones (excluding diaryl/α,β-unsaturated/α-hetero) is 2. The van der Waals surface area contributed by atoms with Crippen molar-refractivity contribution in [1.82, 2.24) is 5.32 Å². The molecule has 7 atom stereocenters. The first kappa shape index (κ1) is 22.7. The third-order valence-corrected chi connectivity index (χ3v) is 8.25. The van der Waals surface area contributed by atoms with Gasteiger partial charge in [-0.25, -0.2) is 0 Å². The van der Waals surface area contributed by atoms with Gasteiger partial charge in [-0.05, 0) is 37.7 Å². The van der Waals surface area contributed by atoms with Crippen molar-refractivity contribution in [2.75, 3.05) is 0 Å². The molecular weight excluding hydrogens is 398 g/mol. The van der Waals surface area contributed by atoms with E-state index in [0.717, 1.165) is 0 Å². The molecule has 1 saturated heterocycles. The third kappa shape index (κ3) is 3.68. The van der Waals surface area contributed by atoms with Gasteiger partial charge in [0.15, 0.2) is 0 Å². The molecule has 1 N–H and O–H groups in total. The first-order valence-electron chi connectivity index (χ1n) is 12.0. The average molecular weight is 434 g/mol. The van der Waals surface area contributed by atoms with Crippen LogP contribution in [0.25, 0.3) is 0 Å². The maximum Gasteiger partial charge on any atom is 0.235 e. The topological polar surface area (TPSA) is 63.2 Å². The van der Waals surface area contributed by atoms with Gasteiger partial charge >= 0.3 is 0 Å². The molecule has 1 spiro atoms. The van der Waals surface area contributed by atoms with E-state index in [1.54, 1.807) is 0 Å². The molecule has 0 bridgehead atoms. The lowest BCUT2D eigenvalue weighted by atomic mass is 9.54. The van der Waals surface area contributed by atoms with Gasteiger partial charge in [0.2, 0.25) is 5.91 Å². The molecular formula is C28H35NO3. The van der Waals surface area contributed by atoms with Crippen LogP contribution in [0.5, 0.6) is 0 Å². The van der Waals surface area contributed by atoms with Gasteiger partial charge in [-0.1, -0.05) is 74.9 Å². The zero-order valence-electron chi connectivity index (χ0n) is 19.6. The van der Waals surface area contributed by atoms with Crippen LogP contribution in [0.15, 0.2) is 54.1 Å². The Morgan fingerprint density at radius 2 is 1.75 bits per heavy atom. The highest BCUT2D eigenvalue weighted by Crippen LogP contribution is 2.55. The maximum absolute atomic E-state index is 13.9. The van der Waals surface area contributed by atoms with Crippen molar-refractivity contribution in [1.29, 1.82) is 0 Å². The van der Waals surface area contributed by atoms with E-state index < -0.39 is 5.41 Å². The first-order chi connectivity index (χ1) is 15.3. The maximum atomic E-state index is 13.9. The zero-order valence-corrected chi connectivity index (χ0v) is 19.6. The van der Waals surface area contributed by atoms with Gasteiger partial charge in [0, 0.05) is 36.1 Å². The summed E-state index contributed by atoms with van der Waals surface area (Å²) in [4.78, 5) is 40.4. The molecule has 1 fully saturated rings. The monoisotopic (exact) mass is 433 g/mol. The van der Waals surface area contributed by atoms with Crippen molar-refractivity contribution < 1.29 is 14.4 Å². The minimum Gasteiger partial charge on any atom is -0.352 e. The highest BCUT2D eigenvalue weighted by atomic mass is 16.2. The molecule has 4 rings (SSSR count). The minimum absolute atomic E-state index is 0.00462. The fourth-order valence-corrected chi connectivity index (χ4v) is 6.29. The number of amides is 1. The van der Waals surface area contributed by atoms with E-state index in [0.29, 0.717) is 19.3 Å². The molecule has 0 unspecified atom stereocenters. The Morgan fingerprint density at radius 1 is 1.03 bits per heavy atom. The molecule has 1 aromatic carbocycles. The number of hydrogen-bond donors (Lipinski definition) is 1. The molecule has 32 heavy (non-hydrogen) atoms. The summed E-state index contributed by atoms with van der Waals surface area (Å²) in [5, 5.41) is 3.25. The zero-order chi connectivity index (χ0) is 23.0. The number of carbonyl (C=O) groups excluding carboxylic acids is 3. The smallest absolute Gasteiger partial charge is 0.235 e. The van der Waals surface area contributed by atoms with Crippen LogP contribution in [-0.4, -0.2) is 23.5 Å². The standard InChI is InChI=1S/C28H35NO3/c1-17-9-8-12-22-15-19(3)20(4)25-23(16-21-10-6-5-7-11-21)29-27(32)28(22,25)24(30)14-13-18(2)26(17)31/h5-8,10-12,15,17-18,20,22-23,25H,9,13-14,16H2,1-4H3,(H,29,32)/t17-,18-,20+,22-,23-,25-,28+/m0/s1. The van der Waals surface area contributed by atoms with E-state index >= 15 is 0 Å². The van der Waals surface area contributed by atoms with E-state index in [1.165, 1.54) is 11.1 Å². The number of allylic oxidation sites excluding steroid dienone is 4. The lowest BCUT2D eigenvalue weighted by Gasteiger charge is -2.44. The predicted octanol–water partition coefficient (Wildman–Crippen LogP) is 4.69. The van der Waals surface area contributed by atoms with Gasteiger partial charge in [-0.3, -0.25) is 14.4 Å². The summed E-state index contributed by atoms with van der Waals surface area (Å²) in [6.45, 7) is 8.15. The fourth-order valence-electron chi connectivity index (χ4n) is 6.29. The van der Waals surface area contributed by atoms with Crippen LogP contribution >= 0.6 is 0 Å². The van der Waals surface area contributed by atoms with Gasteiger partial charge in [0.25, 0.3) is 0 Å². The predicted molar refractivity (Wildman–Crippen MR) is 126 cm³/mol. The Balaban J connectivity index is 1.79. The largest absolute Gasteiger partial charge is 0.352 e. The van der Waals surface area contributed by atoms with Crippen LogP contribution in [0.2, 0.25) is 0 Å². The highest BCUT2D eigenvalue weighted by Gasteiger charge is 2.64. The number of carbonyl (C=O) groups is 3. The number of hydrogen-bond acceptors (Lipinski definition) is 3. The molecule has 0 radical (unpaired) electrons. The summed E-state index contributed by atoms with van der Waals surface area (Å²) in [7, 11) is 0. The lowest BCUT2D eigenvalue weighted by Crippen LogP contribution is -2.52. The fraction of sp³-hybridized carbons (Fsp3) is 0.536. The van der Waals surface area contributed by atoms with Gasteiger partial charge < -0.3 is 5.32 Å². The Kier molecular flexibility index (Phi) is 6.24. The van der Waals surface area contributed by atoms with Crippen molar-refractivity contribution >= 4 is 17.5 Å². The number of nitrogens with one attached hydrogen (secondary N) is 1. The van der Waals surface area contributed by atoms with Crippen LogP contribution in [0.3, 0.4) is 0 Å². The second-order valence-electron chi connectivity index (χ2n) is 10.2. The highest BCUT2D eigenvalue weighted by molar-refractivity contribution is 6.09. The summed E-state index contributed by atoms with van der Waals surface area (Å²) in [5.41, 5.74) is 1.30. The van der Waals surface area contributed by atoms with Crippen LogP contribution in [0.1, 0.15) is 52.5 Å². The molecule has 1 aromatic rings. The van der Waals surface area contributed by atoms with Gasteiger partial charge in [0.1, 0.15) is 17.0 Å². The first-order valence-corrected chi connectivity index (χ1v) is 12.0. The summed E-state index contributed by atoms with van der Waals surface area (Å²) in [6, 6.07) is 10.1. The van der Waals surface area contributed by atoms with E-state index in [2.05, 4.69) is 37.4 Å². The second-order valence-corrected chi connectivity index (χ2v) is 10.2. The number of rotatable bonds is 2. The molecule has 170 valence electrons. The molecule has 3 aliphatic rings. The normalized spacial score (nSPS) is 37.8. The molecule has 1 amide bonds. The van der Waals surface area contributed by atoms with Crippen LogP contribution < -0.4 is 5.32 Å². The van der Waals surface area contributed by atoms with E-state index in [1.807, 2.05) is 44.2 Å². The van der Waals surface area contributed by atoms with E-state index in [4.69, 9.17) is 0 Å². The lowest BCUT2D eigenvalue weighted by molar-refractivity contribution is -0.145. The van der Waals surface area contributed by atoms with Crippen LogP contribution in [0.4, 0.5) is 0 Å². The summed E-state index contributed by atoms with van der Waals surface area (Å²) >= 11 is 0. The summed E-state index contributed by atoms with van der Waals surface area (Å²) in [5.74, 6) is -0.425. The molecule has 0 aromatic heterocycles. The Hall–Kier alpha value is -2.49. The van der Waals surface area contributed by atoms with E-state index in [9.17, 15) is 14.4 Å². The van der Waals surface area contributed by atoms with Gasteiger partial charge in [-0.2, -0.15) is 0 Å². The summed E-state index contributed by atoms with van der Waals surface area (Å²) in [6.07, 6.45) is 8.33. The van der Waals surface area contributed by atoms with Crippen molar-refractivity contribution in [3.8, 4) is 0 Å². The second kappa shape index (κ2) is 8.80. The Bertz CT molecular complexity index is 962.